The molecule has 4 nitrogen and oxygen atoms in total. The molecule has 1 atom stereocenters. The van der Waals surface area contributed by atoms with Crippen LogP contribution in [0, 0.1) is 0 Å². The van der Waals surface area contributed by atoms with Gasteiger partial charge in [-0.05, 0) is 20.3 Å². The highest BCUT2D eigenvalue weighted by molar-refractivity contribution is 4.77. The van der Waals surface area contributed by atoms with Crippen LogP contribution in [0.3, 0.4) is 0 Å². The highest BCUT2D eigenvalue weighted by Gasteiger charge is 2.32. The van der Waals surface area contributed by atoms with Crippen LogP contribution in [-0.2, 0) is 9.47 Å². The van der Waals surface area contributed by atoms with Crippen LogP contribution in [0.4, 0.5) is 0 Å². The second-order valence-electron chi connectivity index (χ2n) is 4.37. The lowest BCUT2D eigenvalue weighted by Crippen LogP contribution is -2.41. The standard InChI is InChI=1S/C11H23NO3/c1-4-10(9-13)14-7-5-12-6-8-15-11(12,2)3/h10,13H,4-9H2,1-3H3. The third-order valence-corrected chi connectivity index (χ3v) is 2.95. The van der Waals surface area contributed by atoms with Gasteiger partial charge in [0.2, 0.25) is 0 Å². The molecule has 1 rings (SSSR count). The molecule has 0 radical (unpaired) electrons. The smallest absolute Gasteiger partial charge is 0.116 e. The van der Waals surface area contributed by atoms with Crippen molar-refractivity contribution in [3.8, 4) is 0 Å². The average molecular weight is 217 g/mol. The molecular formula is C11H23NO3. The molecule has 90 valence electrons. The molecule has 0 spiro atoms. The minimum atomic E-state index is -0.162. The summed E-state index contributed by atoms with van der Waals surface area (Å²) in [4.78, 5) is 2.26. The molecule has 1 aliphatic rings. The van der Waals surface area contributed by atoms with Crippen LogP contribution in [0.15, 0.2) is 0 Å². The molecule has 0 amide bonds. The van der Waals surface area contributed by atoms with Crippen molar-refractivity contribution < 1.29 is 14.6 Å². The van der Waals surface area contributed by atoms with Gasteiger partial charge in [-0.25, -0.2) is 0 Å². The van der Waals surface area contributed by atoms with E-state index in [1.807, 2.05) is 6.92 Å². The van der Waals surface area contributed by atoms with Gasteiger partial charge in [0.05, 0.1) is 25.9 Å². The molecule has 0 aromatic carbocycles. The lowest BCUT2D eigenvalue weighted by Gasteiger charge is -2.30. The number of ether oxygens (including phenoxy) is 2. The van der Waals surface area contributed by atoms with Crippen LogP contribution in [0.1, 0.15) is 27.2 Å². The molecule has 0 bridgehead atoms. The summed E-state index contributed by atoms with van der Waals surface area (Å²) in [5, 5.41) is 8.96. The third kappa shape index (κ3) is 3.72. The summed E-state index contributed by atoms with van der Waals surface area (Å²) in [7, 11) is 0. The van der Waals surface area contributed by atoms with Crippen LogP contribution in [0.5, 0.6) is 0 Å². The van der Waals surface area contributed by atoms with Gasteiger partial charge in [-0.3, -0.25) is 4.90 Å². The van der Waals surface area contributed by atoms with Crippen molar-refractivity contribution in [3.63, 3.8) is 0 Å². The lowest BCUT2D eigenvalue weighted by molar-refractivity contribution is -0.0673. The van der Waals surface area contributed by atoms with Gasteiger partial charge in [0.25, 0.3) is 0 Å². The van der Waals surface area contributed by atoms with E-state index in [1.54, 1.807) is 0 Å². The Hall–Kier alpha value is -0.160. The summed E-state index contributed by atoms with van der Waals surface area (Å²) in [6.07, 6.45) is 0.841. The van der Waals surface area contributed by atoms with E-state index in [0.717, 1.165) is 26.1 Å². The Balaban J connectivity index is 2.20. The molecule has 1 fully saturated rings. The second-order valence-corrected chi connectivity index (χ2v) is 4.37. The molecule has 0 aromatic heterocycles. The Kier molecular flexibility index (Phi) is 4.99. The topological polar surface area (TPSA) is 41.9 Å². The maximum Gasteiger partial charge on any atom is 0.116 e. The maximum absolute atomic E-state index is 8.96. The fraction of sp³-hybridized carbons (Fsp3) is 1.00. The summed E-state index contributed by atoms with van der Waals surface area (Å²) in [6.45, 7) is 9.55. The van der Waals surface area contributed by atoms with Gasteiger partial charge in [0, 0.05) is 13.1 Å². The quantitative estimate of drug-likeness (QED) is 0.716. The van der Waals surface area contributed by atoms with Crippen LogP contribution < -0.4 is 0 Å². The fourth-order valence-electron chi connectivity index (χ4n) is 1.78. The van der Waals surface area contributed by atoms with Gasteiger partial charge in [-0.1, -0.05) is 6.92 Å². The van der Waals surface area contributed by atoms with Crippen molar-refractivity contribution in [2.24, 2.45) is 0 Å². The first-order valence-electron chi connectivity index (χ1n) is 5.71. The summed E-state index contributed by atoms with van der Waals surface area (Å²) in [5.74, 6) is 0. The van der Waals surface area contributed by atoms with Crippen LogP contribution in [0.2, 0.25) is 0 Å². The summed E-state index contributed by atoms with van der Waals surface area (Å²) in [5.41, 5.74) is -0.162. The lowest BCUT2D eigenvalue weighted by atomic mass is 10.2. The van der Waals surface area contributed by atoms with Gasteiger partial charge in [-0.15, -0.1) is 0 Å². The van der Waals surface area contributed by atoms with Crippen molar-refractivity contribution in [1.82, 2.24) is 4.90 Å². The van der Waals surface area contributed by atoms with Crippen LogP contribution in [-0.4, -0.2) is 54.7 Å². The highest BCUT2D eigenvalue weighted by atomic mass is 16.5. The first kappa shape index (κ1) is 12.9. The molecule has 15 heavy (non-hydrogen) atoms. The van der Waals surface area contributed by atoms with E-state index in [2.05, 4.69) is 18.7 Å². The summed E-state index contributed by atoms with van der Waals surface area (Å²) >= 11 is 0. The molecule has 1 N–H and O–H groups in total. The van der Waals surface area contributed by atoms with E-state index in [0.29, 0.717) is 6.61 Å². The van der Waals surface area contributed by atoms with Gasteiger partial charge >= 0.3 is 0 Å². The zero-order valence-corrected chi connectivity index (χ0v) is 10.0. The maximum atomic E-state index is 8.96. The Morgan fingerprint density at radius 1 is 1.53 bits per heavy atom. The zero-order valence-electron chi connectivity index (χ0n) is 10.0. The molecule has 4 heteroatoms. The molecule has 1 aliphatic heterocycles. The van der Waals surface area contributed by atoms with Crippen molar-refractivity contribution in [3.05, 3.63) is 0 Å². The number of hydrogen-bond acceptors (Lipinski definition) is 4. The predicted octanol–water partition coefficient (Wildman–Crippen LogP) is 0.842. The Labute approximate surface area is 92.2 Å². The molecule has 0 saturated carbocycles. The monoisotopic (exact) mass is 217 g/mol. The second kappa shape index (κ2) is 5.80. The van der Waals surface area contributed by atoms with Gasteiger partial charge in [-0.2, -0.15) is 0 Å². The van der Waals surface area contributed by atoms with E-state index in [4.69, 9.17) is 14.6 Å². The molecule has 1 heterocycles. The van der Waals surface area contributed by atoms with Gasteiger partial charge in [0.15, 0.2) is 0 Å². The first-order chi connectivity index (χ1) is 7.10. The fourth-order valence-corrected chi connectivity index (χ4v) is 1.78. The minimum Gasteiger partial charge on any atom is -0.394 e. The Morgan fingerprint density at radius 2 is 2.27 bits per heavy atom. The van der Waals surface area contributed by atoms with Gasteiger partial charge < -0.3 is 14.6 Å². The van der Waals surface area contributed by atoms with E-state index in [1.165, 1.54) is 0 Å². The number of aliphatic hydroxyl groups excluding tert-OH is 1. The molecule has 0 aromatic rings. The molecule has 0 aliphatic carbocycles. The summed E-state index contributed by atoms with van der Waals surface area (Å²) < 4.78 is 11.1. The van der Waals surface area contributed by atoms with E-state index in [-0.39, 0.29) is 18.4 Å². The van der Waals surface area contributed by atoms with Crippen LogP contribution >= 0.6 is 0 Å². The number of hydrogen-bond donors (Lipinski definition) is 1. The van der Waals surface area contributed by atoms with E-state index < -0.39 is 0 Å². The average Bonchev–Trinajstić information content (AvgIpc) is 2.53. The summed E-state index contributed by atoms with van der Waals surface area (Å²) in [6, 6.07) is 0. The van der Waals surface area contributed by atoms with Crippen molar-refractivity contribution >= 4 is 0 Å². The first-order valence-corrected chi connectivity index (χ1v) is 5.71. The largest absolute Gasteiger partial charge is 0.394 e. The SMILES string of the molecule is CCC(CO)OCCN1CCOC1(C)C. The normalized spacial score (nSPS) is 23.2. The molecular weight excluding hydrogens is 194 g/mol. The van der Waals surface area contributed by atoms with Crippen molar-refractivity contribution in [1.29, 1.82) is 0 Å². The van der Waals surface area contributed by atoms with Crippen molar-refractivity contribution in [2.75, 3.05) is 32.9 Å². The Bertz CT molecular complexity index is 181. The number of aliphatic hydroxyl groups is 1. The minimum absolute atomic E-state index is 0.0170. The van der Waals surface area contributed by atoms with Gasteiger partial charge in [0.1, 0.15) is 5.72 Å². The predicted molar refractivity (Wildman–Crippen MR) is 58.7 cm³/mol. The van der Waals surface area contributed by atoms with E-state index in [9.17, 15) is 0 Å². The third-order valence-electron chi connectivity index (χ3n) is 2.95. The Morgan fingerprint density at radius 3 is 2.73 bits per heavy atom. The number of rotatable bonds is 6. The molecule has 1 saturated heterocycles. The zero-order chi connectivity index (χ0) is 11.3. The van der Waals surface area contributed by atoms with Crippen molar-refractivity contribution in [2.45, 2.75) is 39.0 Å². The van der Waals surface area contributed by atoms with E-state index >= 15 is 0 Å². The number of nitrogens with zero attached hydrogens (tertiary/aromatic N) is 1. The molecule has 1 unspecified atom stereocenters. The highest BCUT2D eigenvalue weighted by Crippen LogP contribution is 2.21. The van der Waals surface area contributed by atoms with Crippen LogP contribution in [0.25, 0.3) is 0 Å².